The van der Waals surface area contributed by atoms with Gasteiger partial charge in [0.25, 0.3) is 0 Å². The maximum absolute atomic E-state index is 12.2. The molecule has 1 rings (SSSR count). The van der Waals surface area contributed by atoms with Crippen LogP contribution < -0.4 is 16.0 Å². The molecule has 32 heavy (non-hydrogen) atoms. The third-order valence-electron chi connectivity index (χ3n) is 5.45. The first-order chi connectivity index (χ1) is 15.6. The topological polar surface area (TPSA) is 76.7 Å². The minimum absolute atomic E-state index is 0.147. The summed E-state index contributed by atoms with van der Waals surface area (Å²) in [5.41, 5.74) is 0. The number of carbonyl (C=O) groups excluding carboxylic acids is 2. The zero-order valence-electron chi connectivity index (χ0n) is 20.5. The maximum Gasteiger partial charge on any atom is 0.221 e. The first-order valence-electron chi connectivity index (χ1n) is 12.5. The number of nitrogens with one attached hydrogen (secondary N) is 3. The van der Waals surface area contributed by atoms with Gasteiger partial charge < -0.3 is 25.8 Å². The molecular weight excluding hydrogens is 442 g/mol. The predicted molar refractivity (Wildman–Crippen MR) is 141 cm³/mol. The summed E-state index contributed by atoms with van der Waals surface area (Å²) in [6, 6.07) is 0. The Morgan fingerprint density at radius 3 is 2.38 bits per heavy atom. The van der Waals surface area contributed by atoms with Crippen molar-refractivity contribution in [1.29, 1.82) is 0 Å². The van der Waals surface area contributed by atoms with Gasteiger partial charge in [0.05, 0.1) is 0 Å². The van der Waals surface area contributed by atoms with E-state index in [-0.39, 0.29) is 5.91 Å². The van der Waals surface area contributed by atoms with E-state index in [2.05, 4.69) is 32.8 Å². The Morgan fingerprint density at radius 2 is 1.59 bits per heavy atom. The summed E-state index contributed by atoms with van der Waals surface area (Å²) in [6.07, 6.45) is 6.18. The third kappa shape index (κ3) is 18.1. The Bertz CT molecular complexity index is 469. The van der Waals surface area contributed by atoms with Crippen molar-refractivity contribution in [1.82, 2.24) is 25.8 Å². The van der Waals surface area contributed by atoms with Crippen molar-refractivity contribution in [2.45, 2.75) is 51.9 Å². The largest absolute Gasteiger partial charge is 0.355 e. The number of carbonyl (C=O) groups is 2. The minimum atomic E-state index is 0.147. The van der Waals surface area contributed by atoms with E-state index in [0.29, 0.717) is 31.6 Å². The summed E-state index contributed by atoms with van der Waals surface area (Å²) in [7, 11) is 5.78. The van der Waals surface area contributed by atoms with E-state index in [1.165, 1.54) is 6.42 Å². The fourth-order valence-electron chi connectivity index (χ4n) is 3.54. The molecule has 1 aliphatic rings. The molecule has 1 saturated heterocycles. The van der Waals surface area contributed by atoms with Crippen LogP contribution in [0, 0.1) is 0 Å². The van der Waals surface area contributed by atoms with Gasteiger partial charge in [-0.1, -0.05) is 28.5 Å². The number of ketones is 1. The quantitative estimate of drug-likeness (QED) is 0.269. The molecule has 0 aromatic heterocycles. The summed E-state index contributed by atoms with van der Waals surface area (Å²) in [6.45, 7) is 12.0. The number of Topliss-reactive ketones (excluding diaryl/α,β-unsaturated/α-hetero) is 1. The Kier molecular flexibility index (Phi) is 19.7. The monoisotopic (exact) mass is 489 g/mol. The van der Waals surface area contributed by atoms with Crippen LogP contribution in [-0.2, 0) is 9.59 Å². The zero-order chi connectivity index (χ0) is 23.3. The van der Waals surface area contributed by atoms with Gasteiger partial charge in [-0.25, -0.2) is 0 Å². The lowest BCUT2D eigenvalue weighted by Crippen LogP contribution is -2.39. The second-order valence-electron chi connectivity index (χ2n) is 8.49. The van der Waals surface area contributed by atoms with Crippen LogP contribution in [-0.4, -0.2) is 105 Å². The molecule has 9 heteroatoms. The second-order valence-corrected chi connectivity index (χ2v) is 11.2. The van der Waals surface area contributed by atoms with Gasteiger partial charge in [0.15, 0.2) is 0 Å². The molecule has 1 aliphatic heterocycles. The highest BCUT2D eigenvalue weighted by molar-refractivity contribution is 8.76. The Morgan fingerprint density at radius 1 is 0.875 bits per heavy atom. The van der Waals surface area contributed by atoms with Gasteiger partial charge in [-0.05, 0) is 58.9 Å². The number of nitrogens with zero attached hydrogens (tertiary/aromatic N) is 2. The highest BCUT2D eigenvalue weighted by Gasteiger charge is 2.09. The number of rotatable bonds is 13. The molecule has 0 saturated carbocycles. The molecule has 0 bridgehead atoms. The van der Waals surface area contributed by atoms with Crippen molar-refractivity contribution in [2.24, 2.45) is 0 Å². The summed E-state index contributed by atoms with van der Waals surface area (Å²) < 4.78 is 0. The fourth-order valence-corrected chi connectivity index (χ4v) is 5.53. The van der Waals surface area contributed by atoms with Crippen molar-refractivity contribution >= 4 is 33.3 Å². The van der Waals surface area contributed by atoms with Gasteiger partial charge in [-0.15, -0.1) is 0 Å². The standard InChI is InChI=1S/C23H47N5O2S2/c1-3-7-22(29)8-4-20-31-32-21-14-26-23(30)9-17-28-16-6-11-24-12-18-27(2)15-5-10-25-13-19-28/h24-25H,3-21H2,1-2H3,(H,26,30). The summed E-state index contributed by atoms with van der Waals surface area (Å²) in [4.78, 5) is 28.5. The van der Waals surface area contributed by atoms with Crippen molar-refractivity contribution in [2.75, 3.05) is 84.0 Å². The summed E-state index contributed by atoms with van der Waals surface area (Å²) >= 11 is 0. The molecule has 0 radical (unpaired) electrons. The first kappa shape index (κ1) is 29.7. The smallest absolute Gasteiger partial charge is 0.221 e. The van der Waals surface area contributed by atoms with Crippen molar-refractivity contribution in [3.63, 3.8) is 0 Å². The Labute approximate surface area is 204 Å². The van der Waals surface area contributed by atoms with Gasteiger partial charge in [-0.3, -0.25) is 9.59 Å². The molecule has 0 aromatic rings. The Balaban J connectivity index is 2.09. The van der Waals surface area contributed by atoms with E-state index in [1.807, 2.05) is 6.92 Å². The highest BCUT2D eigenvalue weighted by Crippen LogP contribution is 2.21. The lowest BCUT2D eigenvalue weighted by molar-refractivity contribution is -0.121. The van der Waals surface area contributed by atoms with Crippen LogP contribution in [0.2, 0.25) is 0 Å². The SMILES string of the molecule is CCCC(=O)CCCSSCCNC(=O)CCN1CCCNCCN(C)CCCNCC1. The fraction of sp³-hybridized carbons (Fsp3) is 0.913. The van der Waals surface area contributed by atoms with E-state index < -0.39 is 0 Å². The van der Waals surface area contributed by atoms with Crippen LogP contribution >= 0.6 is 21.6 Å². The van der Waals surface area contributed by atoms with Gasteiger partial charge in [0.2, 0.25) is 5.91 Å². The van der Waals surface area contributed by atoms with Crippen LogP contribution in [0.4, 0.5) is 0 Å². The van der Waals surface area contributed by atoms with E-state index in [9.17, 15) is 9.59 Å². The van der Waals surface area contributed by atoms with Crippen LogP contribution in [0.1, 0.15) is 51.9 Å². The lowest BCUT2D eigenvalue weighted by Gasteiger charge is -2.23. The zero-order valence-corrected chi connectivity index (χ0v) is 22.1. The van der Waals surface area contributed by atoms with Crippen LogP contribution in [0.15, 0.2) is 0 Å². The minimum Gasteiger partial charge on any atom is -0.355 e. The highest BCUT2D eigenvalue weighted by atomic mass is 33.1. The molecule has 0 spiro atoms. The molecule has 188 valence electrons. The molecule has 0 atom stereocenters. The third-order valence-corrected chi connectivity index (χ3v) is 7.95. The van der Waals surface area contributed by atoms with Crippen LogP contribution in [0.5, 0.6) is 0 Å². The second kappa shape index (κ2) is 21.2. The van der Waals surface area contributed by atoms with E-state index in [0.717, 1.165) is 89.7 Å². The summed E-state index contributed by atoms with van der Waals surface area (Å²) in [5.74, 6) is 2.44. The molecule has 0 unspecified atom stereocenters. The van der Waals surface area contributed by atoms with Crippen molar-refractivity contribution < 1.29 is 9.59 Å². The maximum atomic E-state index is 12.2. The molecule has 1 amide bonds. The van der Waals surface area contributed by atoms with Gasteiger partial charge >= 0.3 is 0 Å². The van der Waals surface area contributed by atoms with Crippen LogP contribution in [0.25, 0.3) is 0 Å². The molecular formula is C23H47N5O2S2. The van der Waals surface area contributed by atoms with E-state index in [1.54, 1.807) is 21.6 Å². The normalized spacial score (nSPS) is 18.2. The van der Waals surface area contributed by atoms with Crippen molar-refractivity contribution in [3.8, 4) is 0 Å². The number of hydrogen-bond donors (Lipinski definition) is 3. The molecule has 0 aromatic carbocycles. The molecule has 7 nitrogen and oxygen atoms in total. The molecule has 3 N–H and O–H groups in total. The van der Waals surface area contributed by atoms with Gasteiger partial charge in [0, 0.05) is 70.0 Å². The average molecular weight is 490 g/mol. The first-order valence-corrected chi connectivity index (χ1v) is 15.0. The van der Waals surface area contributed by atoms with Crippen LogP contribution in [0.3, 0.4) is 0 Å². The van der Waals surface area contributed by atoms with Gasteiger partial charge in [0.1, 0.15) is 5.78 Å². The Hall–Kier alpha value is -0.320. The summed E-state index contributed by atoms with van der Waals surface area (Å²) in [5, 5.41) is 10.1. The molecule has 0 aliphatic carbocycles. The number of amides is 1. The average Bonchev–Trinajstić information content (AvgIpc) is 2.77. The number of hydrogen-bond acceptors (Lipinski definition) is 8. The lowest BCUT2D eigenvalue weighted by atomic mass is 10.1. The molecule has 1 fully saturated rings. The van der Waals surface area contributed by atoms with Gasteiger partial charge in [-0.2, -0.15) is 0 Å². The molecule has 1 heterocycles. The van der Waals surface area contributed by atoms with Crippen molar-refractivity contribution in [3.05, 3.63) is 0 Å². The predicted octanol–water partition coefficient (Wildman–Crippen LogP) is 2.23. The number of likely N-dealkylation sites (N-methyl/N-ethyl adjacent to an activating group) is 1. The van der Waals surface area contributed by atoms with E-state index in [4.69, 9.17) is 0 Å². The van der Waals surface area contributed by atoms with E-state index >= 15 is 0 Å².